The van der Waals surface area contributed by atoms with Crippen LogP contribution in [0.5, 0.6) is 0 Å². The third-order valence-corrected chi connectivity index (χ3v) is 4.20. The van der Waals surface area contributed by atoms with Gasteiger partial charge < -0.3 is 15.3 Å². The van der Waals surface area contributed by atoms with E-state index in [2.05, 4.69) is 17.1 Å². The zero-order valence-corrected chi connectivity index (χ0v) is 10.5. The van der Waals surface area contributed by atoms with Crippen LogP contribution < -0.4 is 5.32 Å². The highest BCUT2D eigenvalue weighted by molar-refractivity contribution is 4.85. The zero-order valence-electron chi connectivity index (χ0n) is 10.5. The van der Waals surface area contributed by atoms with Gasteiger partial charge in [-0.05, 0) is 45.1 Å². The van der Waals surface area contributed by atoms with Gasteiger partial charge in [-0.1, -0.05) is 6.92 Å². The van der Waals surface area contributed by atoms with E-state index in [1.165, 1.54) is 25.7 Å². The van der Waals surface area contributed by atoms with Crippen LogP contribution in [0.3, 0.4) is 0 Å². The number of hydrogen-bond donors (Lipinski definition) is 2. The molecule has 0 amide bonds. The van der Waals surface area contributed by atoms with E-state index in [-0.39, 0.29) is 6.10 Å². The number of aliphatic hydroxyl groups excluding tert-OH is 1. The molecule has 2 rings (SSSR count). The molecule has 2 aliphatic rings. The van der Waals surface area contributed by atoms with Gasteiger partial charge in [0, 0.05) is 25.2 Å². The van der Waals surface area contributed by atoms with E-state index in [1.54, 1.807) is 0 Å². The Bertz CT molecular complexity index is 194. The summed E-state index contributed by atoms with van der Waals surface area (Å²) < 4.78 is 0. The average Bonchev–Trinajstić information content (AvgIpc) is 2.32. The Morgan fingerprint density at radius 2 is 1.69 bits per heavy atom. The van der Waals surface area contributed by atoms with Crippen molar-refractivity contribution in [1.29, 1.82) is 0 Å². The lowest BCUT2D eigenvalue weighted by Crippen LogP contribution is -2.46. The maximum atomic E-state index is 9.50. The molecule has 0 aromatic carbocycles. The van der Waals surface area contributed by atoms with E-state index < -0.39 is 0 Å². The van der Waals surface area contributed by atoms with E-state index in [1.807, 2.05) is 0 Å². The molecule has 0 aromatic rings. The highest BCUT2D eigenvalue weighted by Gasteiger charge is 2.27. The maximum absolute atomic E-state index is 9.50. The van der Waals surface area contributed by atoms with E-state index in [0.29, 0.717) is 0 Å². The second kappa shape index (κ2) is 5.99. The topological polar surface area (TPSA) is 35.5 Å². The van der Waals surface area contributed by atoms with E-state index >= 15 is 0 Å². The molecule has 3 nitrogen and oxygen atoms in total. The molecule has 0 spiro atoms. The number of piperidine rings is 1. The minimum Gasteiger partial charge on any atom is -0.393 e. The van der Waals surface area contributed by atoms with Gasteiger partial charge in [0.05, 0.1) is 6.10 Å². The summed E-state index contributed by atoms with van der Waals surface area (Å²) in [5, 5.41) is 13.1. The highest BCUT2D eigenvalue weighted by Crippen LogP contribution is 2.25. The molecule has 0 bridgehead atoms. The van der Waals surface area contributed by atoms with Gasteiger partial charge in [-0.25, -0.2) is 0 Å². The van der Waals surface area contributed by atoms with E-state index in [4.69, 9.17) is 0 Å². The molecule has 94 valence electrons. The fourth-order valence-corrected chi connectivity index (χ4v) is 3.18. The summed E-state index contributed by atoms with van der Waals surface area (Å²) in [6.07, 6.45) is 7.27. The fourth-order valence-electron chi connectivity index (χ4n) is 3.18. The molecule has 1 aliphatic heterocycles. The van der Waals surface area contributed by atoms with Gasteiger partial charge in [0.1, 0.15) is 0 Å². The van der Waals surface area contributed by atoms with Crippen molar-refractivity contribution in [1.82, 2.24) is 10.2 Å². The summed E-state index contributed by atoms with van der Waals surface area (Å²) in [4.78, 5) is 2.61. The number of nitrogens with one attached hydrogen (secondary N) is 1. The third-order valence-electron chi connectivity index (χ3n) is 4.20. The number of aliphatic hydroxyl groups is 1. The summed E-state index contributed by atoms with van der Waals surface area (Å²) in [7, 11) is 0. The Morgan fingerprint density at radius 1 is 1.06 bits per heavy atom. The minimum atomic E-state index is -0.0330. The Kier molecular flexibility index (Phi) is 4.62. The summed E-state index contributed by atoms with van der Waals surface area (Å²) in [6, 6.07) is 1.55. The van der Waals surface area contributed by atoms with Gasteiger partial charge >= 0.3 is 0 Å². The molecule has 0 atom stereocenters. The van der Waals surface area contributed by atoms with Crippen LogP contribution in [0.4, 0.5) is 0 Å². The van der Waals surface area contributed by atoms with Crippen LogP contribution in [0.25, 0.3) is 0 Å². The summed E-state index contributed by atoms with van der Waals surface area (Å²) in [5.41, 5.74) is 0. The van der Waals surface area contributed by atoms with Crippen molar-refractivity contribution >= 4 is 0 Å². The maximum Gasteiger partial charge on any atom is 0.0564 e. The molecule has 2 N–H and O–H groups in total. The Hall–Kier alpha value is -0.120. The van der Waals surface area contributed by atoms with Gasteiger partial charge in [0.25, 0.3) is 0 Å². The molecule has 2 fully saturated rings. The minimum absolute atomic E-state index is 0.0330. The number of likely N-dealkylation sites (tertiary alicyclic amines) is 1. The van der Waals surface area contributed by atoms with Crippen LogP contribution >= 0.6 is 0 Å². The van der Waals surface area contributed by atoms with Crippen molar-refractivity contribution in [3.8, 4) is 0 Å². The predicted octanol–water partition coefficient (Wildman–Crippen LogP) is 1.36. The van der Waals surface area contributed by atoms with Crippen LogP contribution in [-0.4, -0.2) is 47.8 Å². The first-order valence-corrected chi connectivity index (χ1v) is 6.95. The van der Waals surface area contributed by atoms with Crippen LogP contribution in [-0.2, 0) is 0 Å². The van der Waals surface area contributed by atoms with Crippen LogP contribution in [0.2, 0.25) is 0 Å². The van der Waals surface area contributed by atoms with Gasteiger partial charge in [-0.2, -0.15) is 0 Å². The van der Waals surface area contributed by atoms with Crippen LogP contribution in [0.15, 0.2) is 0 Å². The molecular weight excluding hydrogens is 200 g/mol. The Balaban J connectivity index is 1.72. The standard InChI is InChI=1S/C13H26N2O/c1-2-14-11-3-5-12(6-4-11)15-9-7-13(16)8-10-15/h11-14,16H,2-10H2,1H3. The molecule has 1 aliphatic carbocycles. The van der Waals surface area contributed by atoms with E-state index in [0.717, 1.165) is 44.6 Å². The lowest BCUT2D eigenvalue weighted by atomic mass is 9.89. The molecule has 16 heavy (non-hydrogen) atoms. The molecule has 0 unspecified atom stereocenters. The summed E-state index contributed by atoms with van der Waals surface area (Å²) in [6.45, 7) is 5.51. The number of nitrogens with zero attached hydrogens (tertiary/aromatic N) is 1. The van der Waals surface area contributed by atoms with Gasteiger partial charge in [0.15, 0.2) is 0 Å². The zero-order chi connectivity index (χ0) is 11.4. The molecule has 1 heterocycles. The third kappa shape index (κ3) is 3.19. The van der Waals surface area contributed by atoms with Crippen molar-refractivity contribution in [3.05, 3.63) is 0 Å². The number of hydrogen-bond acceptors (Lipinski definition) is 3. The largest absolute Gasteiger partial charge is 0.393 e. The van der Waals surface area contributed by atoms with Crippen LogP contribution in [0, 0.1) is 0 Å². The fraction of sp³-hybridized carbons (Fsp3) is 1.00. The predicted molar refractivity (Wildman–Crippen MR) is 66.5 cm³/mol. The lowest BCUT2D eigenvalue weighted by Gasteiger charge is -2.40. The first-order chi connectivity index (χ1) is 7.79. The van der Waals surface area contributed by atoms with Gasteiger partial charge in [-0.15, -0.1) is 0 Å². The van der Waals surface area contributed by atoms with Crippen molar-refractivity contribution in [3.63, 3.8) is 0 Å². The first kappa shape index (κ1) is 12.3. The second-order valence-corrected chi connectivity index (χ2v) is 5.33. The lowest BCUT2D eigenvalue weighted by molar-refractivity contribution is 0.0476. The normalized spacial score (nSPS) is 34.1. The Labute approximate surface area is 99.2 Å². The molecule has 0 radical (unpaired) electrons. The van der Waals surface area contributed by atoms with Crippen LogP contribution in [0.1, 0.15) is 45.4 Å². The Morgan fingerprint density at radius 3 is 2.25 bits per heavy atom. The van der Waals surface area contributed by atoms with Gasteiger partial charge in [0.2, 0.25) is 0 Å². The summed E-state index contributed by atoms with van der Waals surface area (Å²) in [5.74, 6) is 0. The molecule has 3 heteroatoms. The first-order valence-electron chi connectivity index (χ1n) is 6.95. The molecular formula is C13H26N2O. The van der Waals surface area contributed by atoms with Crippen molar-refractivity contribution < 1.29 is 5.11 Å². The monoisotopic (exact) mass is 226 g/mol. The number of rotatable bonds is 3. The molecule has 1 saturated carbocycles. The van der Waals surface area contributed by atoms with E-state index in [9.17, 15) is 5.11 Å². The van der Waals surface area contributed by atoms with Crippen molar-refractivity contribution in [2.45, 2.75) is 63.6 Å². The summed E-state index contributed by atoms with van der Waals surface area (Å²) >= 11 is 0. The SMILES string of the molecule is CCNC1CCC(N2CCC(O)CC2)CC1. The quantitative estimate of drug-likeness (QED) is 0.763. The molecule has 1 saturated heterocycles. The average molecular weight is 226 g/mol. The second-order valence-electron chi connectivity index (χ2n) is 5.33. The van der Waals surface area contributed by atoms with Gasteiger partial charge in [-0.3, -0.25) is 0 Å². The van der Waals surface area contributed by atoms with Crippen molar-refractivity contribution in [2.75, 3.05) is 19.6 Å². The van der Waals surface area contributed by atoms with Crippen molar-refractivity contribution in [2.24, 2.45) is 0 Å². The highest BCUT2D eigenvalue weighted by atomic mass is 16.3. The molecule has 0 aromatic heterocycles. The smallest absolute Gasteiger partial charge is 0.0564 e.